The van der Waals surface area contributed by atoms with Crippen LogP contribution in [0, 0.1) is 0 Å². The molecular weight excluding hydrogens is 697 g/mol. The van der Waals surface area contributed by atoms with E-state index >= 15 is 0 Å². The van der Waals surface area contributed by atoms with Crippen LogP contribution in [0.5, 0.6) is 0 Å². The average Bonchev–Trinajstić information content (AvgIpc) is 3.00. The lowest BCUT2D eigenvalue weighted by atomic mass is 10.0. The molecule has 0 spiro atoms. The number of anilines is 1. The van der Waals surface area contributed by atoms with Crippen molar-refractivity contribution in [2.24, 2.45) is 0 Å². The van der Waals surface area contributed by atoms with Gasteiger partial charge in [0.2, 0.25) is 11.8 Å². The summed E-state index contributed by atoms with van der Waals surface area (Å²) in [7, 11) is -4.18. The average molecular weight is 732 g/mol. The molecule has 236 valence electrons. The maximum absolute atomic E-state index is 14.5. The topological polar surface area (TPSA) is 86.8 Å². The Kier molecular flexibility index (Phi) is 11.4. The second kappa shape index (κ2) is 14.8. The summed E-state index contributed by atoms with van der Waals surface area (Å²) in [6, 6.07) is 27.9. The van der Waals surface area contributed by atoms with E-state index in [9.17, 15) is 18.0 Å². The third-order valence-electron chi connectivity index (χ3n) is 6.83. The van der Waals surface area contributed by atoms with Gasteiger partial charge in [0.15, 0.2) is 0 Å². The maximum Gasteiger partial charge on any atom is 0.264 e. The zero-order valence-corrected chi connectivity index (χ0v) is 29.0. The van der Waals surface area contributed by atoms with Crippen LogP contribution in [0.15, 0.2) is 112 Å². The Labute approximate surface area is 283 Å². The van der Waals surface area contributed by atoms with Crippen LogP contribution in [-0.2, 0) is 32.6 Å². The third-order valence-corrected chi connectivity index (χ3v) is 9.89. The van der Waals surface area contributed by atoms with Gasteiger partial charge in [-0.15, -0.1) is 0 Å². The molecule has 0 aliphatic rings. The van der Waals surface area contributed by atoms with Crippen molar-refractivity contribution in [1.82, 2.24) is 10.2 Å². The molecule has 4 aromatic carbocycles. The van der Waals surface area contributed by atoms with Crippen molar-refractivity contribution in [3.8, 4) is 0 Å². The SMILES string of the molecule is CC(C)(C)NC(=O)C(Cc1ccccc1)N(Cc1ccc(Cl)c(Cl)c1)C(=O)CN(c1ccc(Br)cc1)S(=O)(=O)c1ccccc1. The summed E-state index contributed by atoms with van der Waals surface area (Å²) < 4.78 is 29.9. The second-order valence-electron chi connectivity index (χ2n) is 11.5. The maximum atomic E-state index is 14.5. The van der Waals surface area contributed by atoms with Crippen molar-refractivity contribution in [2.75, 3.05) is 10.8 Å². The van der Waals surface area contributed by atoms with Crippen LogP contribution in [-0.4, -0.2) is 43.3 Å². The van der Waals surface area contributed by atoms with Gasteiger partial charge in [0.1, 0.15) is 12.6 Å². The Balaban J connectivity index is 1.82. The van der Waals surface area contributed by atoms with Crippen molar-refractivity contribution in [3.63, 3.8) is 0 Å². The third kappa shape index (κ3) is 9.33. The van der Waals surface area contributed by atoms with Gasteiger partial charge in [-0.2, -0.15) is 0 Å². The summed E-state index contributed by atoms with van der Waals surface area (Å²) in [4.78, 5) is 29.9. The Morgan fingerprint density at radius 3 is 2.00 bits per heavy atom. The number of sulfonamides is 1. The Morgan fingerprint density at radius 1 is 0.822 bits per heavy atom. The zero-order chi connectivity index (χ0) is 32.8. The normalized spacial score (nSPS) is 12.3. The quantitative estimate of drug-likeness (QED) is 0.173. The minimum atomic E-state index is -4.18. The first-order valence-corrected chi connectivity index (χ1v) is 17.2. The predicted molar refractivity (Wildman–Crippen MR) is 184 cm³/mol. The van der Waals surface area contributed by atoms with Crippen LogP contribution >= 0.6 is 39.1 Å². The van der Waals surface area contributed by atoms with E-state index < -0.39 is 34.1 Å². The molecule has 0 saturated heterocycles. The molecule has 4 rings (SSSR count). The van der Waals surface area contributed by atoms with E-state index in [1.807, 2.05) is 51.1 Å². The Bertz CT molecular complexity index is 1730. The number of amides is 2. The van der Waals surface area contributed by atoms with E-state index in [2.05, 4.69) is 21.2 Å². The molecule has 1 atom stereocenters. The molecule has 0 radical (unpaired) electrons. The highest BCUT2D eigenvalue weighted by Gasteiger charge is 2.35. The molecule has 0 saturated carbocycles. The van der Waals surface area contributed by atoms with Crippen molar-refractivity contribution in [2.45, 2.75) is 50.2 Å². The molecule has 45 heavy (non-hydrogen) atoms. The van der Waals surface area contributed by atoms with Gasteiger partial charge in [-0.3, -0.25) is 13.9 Å². The monoisotopic (exact) mass is 729 g/mol. The number of halogens is 3. The van der Waals surface area contributed by atoms with Gasteiger partial charge in [-0.05, 0) is 80.4 Å². The predicted octanol–water partition coefficient (Wildman–Crippen LogP) is 7.51. The molecule has 0 aliphatic heterocycles. The van der Waals surface area contributed by atoms with Crippen molar-refractivity contribution in [3.05, 3.63) is 129 Å². The summed E-state index contributed by atoms with van der Waals surface area (Å²) in [5.41, 5.74) is 1.16. The first-order chi connectivity index (χ1) is 21.2. The fourth-order valence-corrected chi connectivity index (χ4v) is 6.72. The molecule has 0 fully saturated rings. The highest BCUT2D eigenvalue weighted by atomic mass is 79.9. The van der Waals surface area contributed by atoms with Crippen LogP contribution in [0.4, 0.5) is 5.69 Å². The fraction of sp³-hybridized carbons (Fsp3) is 0.235. The number of hydrogen-bond acceptors (Lipinski definition) is 4. The molecule has 4 aromatic rings. The molecular formula is C34H34BrCl2N3O4S. The number of benzene rings is 4. The molecule has 0 bridgehead atoms. The Morgan fingerprint density at radius 2 is 1.42 bits per heavy atom. The van der Waals surface area contributed by atoms with E-state index in [0.717, 1.165) is 14.3 Å². The lowest BCUT2D eigenvalue weighted by Gasteiger charge is -2.35. The van der Waals surface area contributed by atoms with Crippen LogP contribution < -0.4 is 9.62 Å². The molecule has 0 aromatic heterocycles. The minimum absolute atomic E-state index is 0.0235. The van der Waals surface area contributed by atoms with Gasteiger partial charge in [-0.25, -0.2) is 8.42 Å². The summed E-state index contributed by atoms with van der Waals surface area (Å²) in [5.74, 6) is -0.950. The van der Waals surface area contributed by atoms with Gasteiger partial charge in [0.25, 0.3) is 10.0 Å². The van der Waals surface area contributed by atoms with Gasteiger partial charge in [-0.1, -0.05) is 93.7 Å². The van der Waals surface area contributed by atoms with Crippen molar-refractivity contribution in [1.29, 1.82) is 0 Å². The van der Waals surface area contributed by atoms with Gasteiger partial charge < -0.3 is 10.2 Å². The molecule has 1 unspecified atom stereocenters. The lowest BCUT2D eigenvalue weighted by molar-refractivity contribution is -0.140. The van der Waals surface area contributed by atoms with E-state index in [4.69, 9.17) is 23.2 Å². The number of rotatable bonds is 11. The molecule has 2 amide bonds. The second-order valence-corrected chi connectivity index (χ2v) is 15.1. The van der Waals surface area contributed by atoms with E-state index in [0.29, 0.717) is 21.3 Å². The van der Waals surface area contributed by atoms with Crippen molar-refractivity contribution >= 4 is 66.7 Å². The molecule has 0 heterocycles. The fourth-order valence-electron chi connectivity index (χ4n) is 4.70. The van der Waals surface area contributed by atoms with E-state index in [1.165, 1.54) is 17.0 Å². The standard InChI is InChI=1S/C34H34BrCl2N3O4S/c1-34(2,3)38-33(42)31(21-24-10-6-4-7-11-24)39(22-25-14-19-29(36)30(37)20-25)32(41)23-40(27-17-15-26(35)16-18-27)45(43,44)28-12-8-5-9-13-28/h4-20,31H,21-23H2,1-3H3,(H,38,42). The number of carbonyl (C=O) groups excluding carboxylic acids is 2. The summed E-state index contributed by atoms with van der Waals surface area (Å²) in [6.07, 6.45) is 0.194. The van der Waals surface area contributed by atoms with Crippen LogP contribution in [0.25, 0.3) is 0 Å². The number of nitrogens with zero attached hydrogens (tertiary/aromatic N) is 2. The molecule has 7 nitrogen and oxygen atoms in total. The van der Waals surface area contributed by atoms with Gasteiger partial charge >= 0.3 is 0 Å². The minimum Gasteiger partial charge on any atom is -0.350 e. The highest BCUT2D eigenvalue weighted by molar-refractivity contribution is 9.10. The first-order valence-electron chi connectivity index (χ1n) is 14.2. The van der Waals surface area contributed by atoms with E-state index in [1.54, 1.807) is 60.7 Å². The van der Waals surface area contributed by atoms with Crippen molar-refractivity contribution < 1.29 is 18.0 Å². The summed E-state index contributed by atoms with van der Waals surface area (Å²) in [6.45, 7) is 4.99. The highest BCUT2D eigenvalue weighted by Crippen LogP contribution is 2.28. The van der Waals surface area contributed by atoms with Crippen LogP contribution in [0.2, 0.25) is 10.0 Å². The zero-order valence-electron chi connectivity index (χ0n) is 25.1. The summed E-state index contributed by atoms with van der Waals surface area (Å²) >= 11 is 15.9. The van der Waals surface area contributed by atoms with Gasteiger partial charge in [0.05, 0.1) is 20.6 Å². The molecule has 1 N–H and O–H groups in total. The van der Waals surface area contributed by atoms with Crippen LogP contribution in [0.1, 0.15) is 31.9 Å². The molecule has 11 heteroatoms. The molecule has 0 aliphatic carbocycles. The summed E-state index contributed by atoms with van der Waals surface area (Å²) in [5, 5.41) is 3.65. The number of carbonyl (C=O) groups is 2. The van der Waals surface area contributed by atoms with Gasteiger partial charge in [0, 0.05) is 23.0 Å². The lowest BCUT2D eigenvalue weighted by Crippen LogP contribution is -2.56. The first kappa shape index (κ1) is 34.5. The Hall–Kier alpha value is -3.37. The number of nitrogens with one attached hydrogen (secondary N) is 1. The van der Waals surface area contributed by atoms with Crippen LogP contribution in [0.3, 0.4) is 0 Å². The number of hydrogen-bond donors (Lipinski definition) is 1. The smallest absolute Gasteiger partial charge is 0.264 e. The van der Waals surface area contributed by atoms with E-state index in [-0.39, 0.29) is 23.8 Å². The largest absolute Gasteiger partial charge is 0.350 e.